The van der Waals surface area contributed by atoms with Gasteiger partial charge in [-0.2, -0.15) is 0 Å². The Hall–Kier alpha value is -1.23. The second-order valence-corrected chi connectivity index (χ2v) is 6.40. The highest BCUT2D eigenvalue weighted by atomic mass is 32.1. The number of thiophene rings is 2. The predicted octanol–water partition coefficient (Wildman–Crippen LogP) is 4.80. The maximum atomic E-state index is 13.0. The Balaban J connectivity index is 2.00. The standard InChI is InChI=1S/C15H14FNS2/c1-2-17-15(10-3-5-11(16)6-4-10)14-9-13-12(19-14)7-8-18-13/h3-9,15,17H,2H2,1H3. The summed E-state index contributed by atoms with van der Waals surface area (Å²) in [4.78, 5) is 1.29. The Morgan fingerprint density at radius 2 is 1.95 bits per heavy atom. The third-order valence-corrected chi connectivity index (χ3v) is 5.21. The molecule has 1 unspecified atom stereocenters. The van der Waals surface area contributed by atoms with Crippen molar-refractivity contribution in [3.63, 3.8) is 0 Å². The molecule has 0 amide bonds. The van der Waals surface area contributed by atoms with Gasteiger partial charge in [0.15, 0.2) is 0 Å². The van der Waals surface area contributed by atoms with E-state index in [2.05, 4.69) is 29.8 Å². The van der Waals surface area contributed by atoms with Crippen LogP contribution in [0.1, 0.15) is 23.4 Å². The predicted molar refractivity (Wildman–Crippen MR) is 81.6 cm³/mol. The van der Waals surface area contributed by atoms with Crippen LogP contribution in [-0.2, 0) is 0 Å². The van der Waals surface area contributed by atoms with Gasteiger partial charge in [-0.1, -0.05) is 19.1 Å². The first kappa shape index (κ1) is 12.8. The Morgan fingerprint density at radius 3 is 2.63 bits per heavy atom. The second-order valence-electron chi connectivity index (χ2n) is 4.34. The molecule has 0 radical (unpaired) electrons. The van der Waals surface area contributed by atoms with Crippen LogP contribution >= 0.6 is 22.7 Å². The summed E-state index contributed by atoms with van der Waals surface area (Å²) in [5.74, 6) is -0.189. The van der Waals surface area contributed by atoms with E-state index in [1.807, 2.05) is 12.1 Å². The van der Waals surface area contributed by atoms with Gasteiger partial charge < -0.3 is 5.32 Å². The second kappa shape index (κ2) is 5.41. The maximum Gasteiger partial charge on any atom is 0.123 e. The minimum Gasteiger partial charge on any atom is -0.306 e. The fraction of sp³-hybridized carbons (Fsp3) is 0.200. The molecule has 0 aliphatic rings. The van der Waals surface area contributed by atoms with Gasteiger partial charge in [-0.05, 0) is 41.8 Å². The van der Waals surface area contributed by atoms with E-state index >= 15 is 0 Å². The van der Waals surface area contributed by atoms with Crippen LogP contribution in [0.3, 0.4) is 0 Å². The van der Waals surface area contributed by atoms with Crippen LogP contribution in [0, 0.1) is 5.82 Å². The molecule has 1 nitrogen and oxygen atoms in total. The molecular formula is C15H14FNS2. The molecule has 0 fully saturated rings. The molecule has 0 spiro atoms. The first-order chi connectivity index (χ1) is 9.28. The largest absolute Gasteiger partial charge is 0.306 e. The van der Waals surface area contributed by atoms with E-state index < -0.39 is 0 Å². The molecule has 3 aromatic rings. The number of rotatable bonds is 4. The monoisotopic (exact) mass is 291 g/mol. The Labute approximate surface area is 119 Å². The summed E-state index contributed by atoms with van der Waals surface area (Å²) in [5, 5.41) is 5.59. The van der Waals surface area contributed by atoms with Gasteiger partial charge in [0.2, 0.25) is 0 Å². The molecule has 1 N–H and O–H groups in total. The maximum absolute atomic E-state index is 13.0. The zero-order valence-electron chi connectivity index (χ0n) is 10.5. The minimum absolute atomic E-state index is 0.148. The zero-order valence-corrected chi connectivity index (χ0v) is 12.2. The molecule has 1 atom stereocenters. The van der Waals surface area contributed by atoms with Gasteiger partial charge in [0.1, 0.15) is 5.82 Å². The summed E-state index contributed by atoms with van der Waals surface area (Å²) in [6, 6.07) is 11.3. The third-order valence-electron chi connectivity index (χ3n) is 3.05. The van der Waals surface area contributed by atoms with Gasteiger partial charge in [-0.3, -0.25) is 0 Å². The van der Waals surface area contributed by atoms with Crippen molar-refractivity contribution in [2.45, 2.75) is 13.0 Å². The number of nitrogens with one attached hydrogen (secondary N) is 1. The SMILES string of the molecule is CCNC(c1ccc(F)cc1)c1cc2sccc2s1. The molecule has 1 aromatic carbocycles. The smallest absolute Gasteiger partial charge is 0.123 e. The molecule has 0 saturated heterocycles. The van der Waals surface area contributed by atoms with Crippen molar-refractivity contribution in [1.82, 2.24) is 5.32 Å². The van der Waals surface area contributed by atoms with Crippen LogP contribution in [0.15, 0.2) is 41.8 Å². The van der Waals surface area contributed by atoms with Crippen molar-refractivity contribution in [3.05, 3.63) is 58.0 Å². The van der Waals surface area contributed by atoms with E-state index in [0.717, 1.165) is 12.1 Å². The molecule has 3 rings (SSSR count). The highest BCUT2D eigenvalue weighted by molar-refractivity contribution is 7.27. The number of hydrogen-bond acceptors (Lipinski definition) is 3. The topological polar surface area (TPSA) is 12.0 Å². The van der Waals surface area contributed by atoms with E-state index in [9.17, 15) is 4.39 Å². The number of benzene rings is 1. The Bertz CT molecular complexity index is 640. The van der Waals surface area contributed by atoms with Gasteiger partial charge >= 0.3 is 0 Å². The molecule has 2 heterocycles. The number of hydrogen-bond donors (Lipinski definition) is 1. The van der Waals surface area contributed by atoms with E-state index in [1.54, 1.807) is 22.7 Å². The lowest BCUT2D eigenvalue weighted by Crippen LogP contribution is -2.20. The summed E-state index contributed by atoms with van der Waals surface area (Å²) in [5.41, 5.74) is 1.11. The molecule has 0 bridgehead atoms. The quantitative estimate of drug-likeness (QED) is 0.728. The summed E-state index contributed by atoms with van der Waals surface area (Å²) in [7, 11) is 0. The molecule has 4 heteroatoms. The summed E-state index contributed by atoms with van der Waals surface area (Å²) >= 11 is 3.57. The van der Waals surface area contributed by atoms with Crippen LogP contribution < -0.4 is 5.32 Å². The Kier molecular flexibility index (Phi) is 3.64. The third kappa shape index (κ3) is 2.56. The fourth-order valence-electron chi connectivity index (χ4n) is 2.17. The fourth-order valence-corrected chi connectivity index (χ4v) is 4.39. The van der Waals surface area contributed by atoms with Crippen molar-refractivity contribution < 1.29 is 4.39 Å². The summed E-state index contributed by atoms with van der Waals surface area (Å²) in [6.07, 6.45) is 0. The van der Waals surface area contributed by atoms with E-state index in [0.29, 0.717) is 0 Å². The number of halogens is 1. The van der Waals surface area contributed by atoms with Crippen LogP contribution in [0.25, 0.3) is 9.40 Å². The van der Waals surface area contributed by atoms with Crippen LogP contribution in [0.5, 0.6) is 0 Å². The van der Waals surface area contributed by atoms with Crippen molar-refractivity contribution >= 4 is 32.1 Å². The van der Waals surface area contributed by atoms with Crippen molar-refractivity contribution in [2.24, 2.45) is 0 Å². The lowest BCUT2D eigenvalue weighted by atomic mass is 10.1. The molecule has 0 aliphatic heterocycles. The summed E-state index contributed by atoms with van der Waals surface area (Å²) < 4.78 is 15.7. The van der Waals surface area contributed by atoms with E-state index in [4.69, 9.17) is 0 Å². The van der Waals surface area contributed by atoms with Gasteiger partial charge in [0.25, 0.3) is 0 Å². The molecule has 19 heavy (non-hydrogen) atoms. The molecule has 98 valence electrons. The highest BCUT2D eigenvalue weighted by Crippen LogP contribution is 2.35. The van der Waals surface area contributed by atoms with E-state index in [1.165, 1.54) is 26.4 Å². The highest BCUT2D eigenvalue weighted by Gasteiger charge is 2.16. The van der Waals surface area contributed by atoms with Crippen LogP contribution in [-0.4, -0.2) is 6.54 Å². The average molecular weight is 291 g/mol. The lowest BCUT2D eigenvalue weighted by molar-refractivity contribution is 0.617. The number of fused-ring (bicyclic) bond motifs is 1. The van der Waals surface area contributed by atoms with Gasteiger partial charge in [-0.15, -0.1) is 22.7 Å². The lowest BCUT2D eigenvalue weighted by Gasteiger charge is -2.16. The first-order valence-electron chi connectivity index (χ1n) is 6.23. The molecule has 2 aromatic heterocycles. The normalized spacial score (nSPS) is 12.9. The van der Waals surface area contributed by atoms with Gasteiger partial charge in [0.05, 0.1) is 6.04 Å². The molecule has 0 saturated carbocycles. The van der Waals surface area contributed by atoms with Gasteiger partial charge in [-0.25, -0.2) is 4.39 Å². The van der Waals surface area contributed by atoms with Crippen molar-refractivity contribution in [3.8, 4) is 0 Å². The van der Waals surface area contributed by atoms with Crippen molar-refractivity contribution in [1.29, 1.82) is 0 Å². The average Bonchev–Trinajstić information content (AvgIpc) is 2.98. The minimum atomic E-state index is -0.189. The van der Waals surface area contributed by atoms with Gasteiger partial charge in [0, 0.05) is 14.3 Å². The molecular weight excluding hydrogens is 277 g/mol. The summed E-state index contributed by atoms with van der Waals surface area (Å²) in [6.45, 7) is 2.97. The zero-order chi connectivity index (χ0) is 13.2. The van der Waals surface area contributed by atoms with E-state index in [-0.39, 0.29) is 11.9 Å². The van der Waals surface area contributed by atoms with Crippen molar-refractivity contribution in [2.75, 3.05) is 6.54 Å². The Morgan fingerprint density at radius 1 is 1.16 bits per heavy atom. The van der Waals surface area contributed by atoms with Crippen LogP contribution in [0.4, 0.5) is 4.39 Å². The molecule has 0 aliphatic carbocycles. The van der Waals surface area contributed by atoms with Crippen LogP contribution in [0.2, 0.25) is 0 Å². The first-order valence-corrected chi connectivity index (χ1v) is 7.93.